The van der Waals surface area contributed by atoms with Gasteiger partial charge in [-0.3, -0.25) is 4.79 Å². The van der Waals surface area contributed by atoms with Crippen molar-refractivity contribution in [1.29, 1.82) is 0 Å². The van der Waals surface area contributed by atoms with E-state index < -0.39 is 5.97 Å². The topological polar surface area (TPSA) is 46.5 Å². The molecule has 0 saturated heterocycles. The number of carboxylic acid groups (broad SMARTS) is 1. The third-order valence-electron chi connectivity index (χ3n) is 0.953. The molecule has 1 N–H and O–H groups in total. The van der Waals surface area contributed by atoms with Gasteiger partial charge in [0.2, 0.25) is 0 Å². The van der Waals surface area contributed by atoms with Crippen LogP contribution in [0.25, 0.3) is 0 Å². The first-order valence-corrected chi connectivity index (χ1v) is 4.15. The highest BCUT2D eigenvalue weighted by molar-refractivity contribution is 8.00. The molecule has 0 aliphatic heterocycles. The third-order valence-corrected chi connectivity index (χ3v) is 1.96. The van der Waals surface area contributed by atoms with Crippen LogP contribution in [0.3, 0.4) is 0 Å². The van der Waals surface area contributed by atoms with Crippen LogP contribution in [0, 0.1) is 0 Å². The molecule has 0 saturated carbocycles. The van der Waals surface area contributed by atoms with Crippen LogP contribution in [-0.2, 0) is 9.53 Å². The zero-order valence-electron chi connectivity index (χ0n) is 6.16. The maximum atomic E-state index is 10.2. The van der Waals surface area contributed by atoms with Gasteiger partial charge in [-0.2, -0.15) is 0 Å². The summed E-state index contributed by atoms with van der Waals surface area (Å²) < 4.78 is 4.95. The lowest BCUT2D eigenvalue weighted by atomic mass is 10.5. The second-order valence-corrected chi connectivity index (χ2v) is 3.03. The van der Waals surface area contributed by atoms with Gasteiger partial charge in [0.05, 0.1) is 5.94 Å². The molecule has 0 fully saturated rings. The molecule has 60 valence electrons. The molecule has 0 bridgehead atoms. The van der Waals surface area contributed by atoms with Crippen LogP contribution in [0.4, 0.5) is 0 Å². The van der Waals surface area contributed by atoms with Crippen LogP contribution in [0.1, 0.15) is 13.8 Å². The molecule has 0 spiro atoms. The number of thioether (sulfide) groups is 1. The summed E-state index contributed by atoms with van der Waals surface area (Å²) in [5.74, 6) is -0.325. The molecular formula is C6H12O3S. The Morgan fingerprint density at radius 2 is 2.40 bits per heavy atom. The van der Waals surface area contributed by atoms with Gasteiger partial charge in [-0.1, -0.05) is 0 Å². The Balaban J connectivity index is 3.21. The number of aliphatic carboxylic acids is 1. The number of hydrogen-bond donors (Lipinski definition) is 1. The molecule has 0 rings (SSSR count). The molecule has 0 aromatic heterocycles. The standard InChI is InChI=1S/C6H12O3S/c1-3-9-4-10-5(2)6(7)8/h5H,3-4H2,1-2H3,(H,7,8). The first kappa shape index (κ1) is 9.78. The number of ether oxygens (including phenoxy) is 1. The quantitative estimate of drug-likeness (QED) is 0.489. The van der Waals surface area contributed by atoms with Gasteiger partial charge in [-0.25, -0.2) is 0 Å². The van der Waals surface area contributed by atoms with Gasteiger partial charge < -0.3 is 9.84 Å². The Bertz CT molecular complexity index is 105. The second kappa shape index (κ2) is 5.56. The van der Waals surface area contributed by atoms with Crippen molar-refractivity contribution >= 4 is 17.7 Å². The maximum Gasteiger partial charge on any atom is 0.316 e. The predicted octanol–water partition coefficient (Wildman–Crippen LogP) is 1.19. The average molecular weight is 164 g/mol. The highest BCUT2D eigenvalue weighted by Gasteiger charge is 2.09. The van der Waals surface area contributed by atoms with Crippen molar-refractivity contribution < 1.29 is 14.6 Å². The van der Waals surface area contributed by atoms with E-state index in [1.54, 1.807) is 6.92 Å². The summed E-state index contributed by atoms with van der Waals surface area (Å²) in [6, 6.07) is 0. The molecule has 4 heteroatoms. The van der Waals surface area contributed by atoms with E-state index in [0.29, 0.717) is 12.5 Å². The Morgan fingerprint density at radius 1 is 1.80 bits per heavy atom. The zero-order chi connectivity index (χ0) is 7.98. The van der Waals surface area contributed by atoms with E-state index >= 15 is 0 Å². The summed E-state index contributed by atoms with van der Waals surface area (Å²) in [5, 5.41) is 8.04. The maximum absolute atomic E-state index is 10.2. The molecule has 0 amide bonds. The molecule has 1 unspecified atom stereocenters. The van der Waals surface area contributed by atoms with Gasteiger partial charge in [-0.15, -0.1) is 11.8 Å². The SMILES string of the molecule is CCOCSC(C)C(=O)O. The van der Waals surface area contributed by atoms with E-state index in [9.17, 15) is 4.79 Å². The minimum Gasteiger partial charge on any atom is -0.480 e. The average Bonchev–Trinajstić information content (AvgIpc) is 1.88. The van der Waals surface area contributed by atoms with Crippen molar-refractivity contribution in [2.24, 2.45) is 0 Å². The molecule has 0 aromatic carbocycles. The summed E-state index contributed by atoms with van der Waals surface area (Å²) in [5.41, 5.74) is 0. The largest absolute Gasteiger partial charge is 0.480 e. The zero-order valence-corrected chi connectivity index (χ0v) is 6.98. The lowest BCUT2D eigenvalue weighted by Crippen LogP contribution is -2.12. The molecule has 1 atom stereocenters. The van der Waals surface area contributed by atoms with E-state index in [1.807, 2.05) is 6.92 Å². The predicted molar refractivity (Wildman–Crippen MR) is 41.2 cm³/mol. The highest BCUT2D eigenvalue weighted by atomic mass is 32.2. The van der Waals surface area contributed by atoms with E-state index in [1.165, 1.54) is 11.8 Å². The summed E-state index contributed by atoms with van der Waals surface area (Å²) in [6.07, 6.45) is 0. The van der Waals surface area contributed by atoms with Crippen molar-refractivity contribution in [2.45, 2.75) is 19.1 Å². The van der Waals surface area contributed by atoms with Crippen LogP contribution in [-0.4, -0.2) is 28.9 Å². The Morgan fingerprint density at radius 3 is 2.80 bits per heavy atom. The minimum atomic E-state index is -0.787. The lowest BCUT2D eigenvalue weighted by molar-refractivity contribution is -0.136. The van der Waals surface area contributed by atoms with Crippen LogP contribution in [0.2, 0.25) is 0 Å². The first-order chi connectivity index (χ1) is 4.68. The normalized spacial score (nSPS) is 13.0. The number of rotatable bonds is 5. The molecule has 0 radical (unpaired) electrons. The molecule has 0 aliphatic rings. The van der Waals surface area contributed by atoms with E-state index in [-0.39, 0.29) is 5.25 Å². The van der Waals surface area contributed by atoms with Gasteiger partial charge in [0, 0.05) is 6.61 Å². The first-order valence-electron chi connectivity index (χ1n) is 3.10. The van der Waals surface area contributed by atoms with Gasteiger partial charge in [0.1, 0.15) is 5.25 Å². The molecule has 0 aromatic rings. The Kier molecular flexibility index (Phi) is 5.43. The fraction of sp³-hybridized carbons (Fsp3) is 0.833. The Hall–Kier alpha value is -0.220. The number of hydrogen-bond acceptors (Lipinski definition) is 3. The van der Waals surface area contributed by atoms with E-state index in [0.717, 1.165) is 0 Å². The van der Waals surface area contributed by atoms with Gasteiger partial charge in [0.25, 0.3) is 0 Å². The summed E-state index contributed by atoms with van der Waals surface area (Å²) in [6.45, 7) is 4.16. The van der Waals surface area contributed by atoms with Crippen LogP contribution >= 0.6 is 11.8 Å². The van der Waals surface area contributed by atoms with Gasteiger partial charge >= 0.3 is 5.97 Å². The van der Waals surface area contributed by atoms with Crippen LogP contribution < -0.4 is 0 Å². The molecule has 0 heterocycles. The van der Waals surface area contributed by atoms with Crippen molar-refractivity contribution in [1.82, 2.24) is 0 Å². The van der Waals surface area contributed by atoms with Crippen LogP contribution in [0.5, 0.6) is 0 Å². The molecular weight excluding hydrogens is 152 g/mol. The summed E-state index contributed by atoms with van der Waals surface area (Å²) in [4.78, 5) is 10.2. The van der Waals surface area contributed by atoms with Crippen LogP contribution in [0.15, 0.2) is 0 Å². The number of carbonyl (C=O) groups is 1. The van der Waals surface area contributed by atoms with Crippen molar-refractivity contribution in [3.8, 4) is 0 Å². The van der Waals surface area contributed by atoms with Gasteiger partial charge in [-0.05, 0) is 13.8 Å². The molecule has 0 aliphatic carbocycles. The molecule has 10 heavy (non-hydrogen) atoms. The number of carboxylic acids is 1. The Labute approximate surface area is 64.8 Å². The van der Waals surface area contributed by atoms with Crippen molar-refractivity contribution in [2.75, 3.05) is 12.5 Å². The van der Waals surface area contributed by atoms with Gasteiger partial charge in [0.15, 0.2) is 0 Å². The smallest absolute Gasteiger partial charge is 0.316 e. The monoisotopic (exact) mass is 164 g/mol. The second-order valence-electron chi connectivity index (χ2n) is 1.76. The fourth-order valence-corrected chi connectivity index (χ4v) is 0.914. The fourth-order valence-electron chi connectivity index (χ4n) is 0.305. The highest BCUT2D eigenvalue weighted by Crippen LogP contribution is 2.09. The van der Waals surface area contributed by atoms with Crippen molar-refractivity contribution in [3.63, 3.8) is 0 Å². The summed E-state index contributed by atoms with van der Waals surface area (Å²) in [7, 11) is 0. The lowest BCUT2D eigenvalue weighted by Gasteiger charge is -2.04. The minimum absolute atomic E-state index is 0.369. The van der Waals surface area contributed by atoms with E-state index in [2.05, 4.69) is 0 Å². The third kappa shape index (κ3) is 4.64. The van der Waals surface area contributed by atoms with E-state index in [4.69, 9.17) is 9.84 Å². The summed E-state index contributed by atoms with van der Waals surface area (Å²) >= 11 is 1.29. The molecule has 3 nitrogen and oxygen atoms in total. The van der Waals surface area contributed by atoms with Crippen molar-refractivity contribution in [3.05, 3.63) is 0 Å².